The normalized spacial score (nSPS) is 9.74. The van der Waals surface area contributed by atoms with Gasteiger partial charge in [-0.1, -0.05) is 35.7 Å². The van der Waals surface area contributed by atoms with Crippen LogP contribution in [0.3, 0.4) is 0 Å². The fraction of sp³-hybridized carbons (Fsp3) is 0.0625. The van der Waals surface area contributed by atoms with Gasteiger partial charge in [-0.15, -0.1) is 6.42 Å². The Morgan fingerprint density at radius 3 is 2.53 bits per heavy atom. The van der Waals surface area contributed by atoms with Crippen LogP contribution >= 0.6 is 11.6 Å². The van der Waals surface area contributed by atoms with Crippen molar-refractivity contribution in [2.24, 2.45) is 0 Å². The molecule has 0 N–H and O–H groups in total. The van der Waals surface area contributed by atoms with E-state index in [1.807, 2.05) is 18.2 Å². The van der Waals surface area contributed by atoms with E-state index in [9.17, 15) is 4.79 Å². The Labute approximate surface area is 117 Å². The van der Waals surface area contributed by atoms with Gasteiger partial charge in [0, 0.05) is 23.2 Å². The second kappa shape index (κ2) is 5.60. The molecule has 19 heavy (non-hydrogen) atoms. The number of terminal acetylenes is 1. The summed E-state index contributed by atoms with van der Waals surface area (Å²) in [4.78, 5) is 13.8. The molecule has 0 saturated carbocycles. The maximum absolute atomic E-state index is 12.3. The number of hydrogen-bond acceptors (Lipinski definition) is 1. The molecule has 0 aliphatic rings. The smallest absolute Gasteiger partial charge is 0.258 e. The fourth-order valence-electron chi connectivity index (χ4n) is 1.79. The Morgan fingerprint density at radius 2 is 1.89 bits per heavy atom. The maximum atomic E-state index is 12.3. The van der Waals surface area contributed by atoms with Crippen LogP contribution in [0.25, 0.3) is 0 Å². The third-order valence-corrected chi connectivity index (χ3v) is 3.04. The summed E-state index contributed by atoms with van der Waals surface area (Å²) in [7, 11) is 1.68. The Bertz CT molecular complexity index is 644. The minimum absolute atomic E-state index is 0.126. The zero-order valence-corrected chi connectivity index (χ0v) is 11.2. The summed E-state index contributed by atoms with van der Waals surface area (Å²) < 4.78 is 0. The lowest BCUT2D eigenvalue weighted by Gasteiger charge is -2.19. The van der Waals surface area contributed by atoms with E-state index in [-0.39, 0.29) is 5.91 Å². The van der Waals surface area contributed by atoms with Crippen LogP contribution in [0, 0.1) is 12.3 Å². The van der Waals surface area contributed by atoms with E-state index in [2.05, 4.69) is 5.92 Å². The Balaban J connectivity index is 2.40. The number of nitrogens with zero attached hydrogens (tertiary/aromatic N) is 1. The molecule has 3 heteroatoms. The Morgan fingerprint density at radius 1 is 1.21 bits per heavy atom. The molecule has 1 amide bonds. The van der Waals surface area contributed by atoms with Gasteiger partial charge in [0.2, 0.25) is 0 Å². The van der Waals surface area contributed by atoms with Crippen LogP contribution in [0.15, 0.2) is 48.5 Å². The van der Waals surface area contributed by atoms with Gasteiger partial charge in [-0.05, 0) is 30.3 Å². The lowest BCUT2D eigenvalue weighted by atomic mass is 10.1. The standard InChI is InChI=1S/C16H12ClNO/c1-3-12-9-10-14(17)11-15(12)18(2)16(19)13-7-5-4-6-8-13/h1,4-11H,2H3. The summed E-state index contributed by atoms with van der Waals surface area (Å²) in [6.45, 7) is 0. The number of benzene rings is 2. The zero-order valence-electron chi connectivity index (χ0n) is 10.4. The van der Waals surface area contributed by atoms with E-state index in [1.54, 1.807) is 37.4 Å². The van der Waals surface area contributed by atoms with Gasteiger partial charge in [0.25, 0.3) is 5.91 Å². The Hall–Kier alpha value is -2.24. The van der Waals surface area contributed by atoms with Crippen LogP contribution in [-0.2, 0) is 0 Å². The third kappa shape index (κ3) is 2.78. The van der Waals surface area contributed by atoms with Gasteiger partial charge in [0.05, 0.1) is 5.69 Å². The lowest BCUT2D eigenvalue weighted by molar-refractivity contribution is 0.0993. The summed E-state index contributed by atoms with van der Waals surface area (Å²) in [5.74, 6) is 2.43. The molecule has 2 nitrogen and oxygen atoms in total. The number of hydrogen-bond donors (Lipinski definition) is 0. The molecule has 0 aromatic heterocycles. The molecule has 0 heterocycles. The zero-order chi connectivity index (χ0) is 13.8. The van der Waals surface area contributed by atoms with Gasteiger partial charge in [-0.25, -0.2) is 0 Å². The molecule has 0 saturated heterocycles. The largest absolute Gasteiger partial charge is 0.310 e. The molecular formula is C16H12ClNO. The van der Waals surface area contributed by atoms with Crippen molar-refractivity contribution in [1.29, 1.82) is 0 Å². The average Bonchev–Trinajstić information content (AvgIpc) is 2.46. The summed E-state index contributed by atoms with van der Waals surface area (Å²) in [6, 6.07) is 14.2. The van der Waals surface area contributed by atoms with Crippen molar-refractivity contribution in [2.75, 3.05) is 11.9 Å². The second-order valence-electron chi connectivity index (χ2n) is 4.04. The lowest BCUT2D eigenvalue weighted by Crippen LogP contribution is -2.26. The highest BCUT2D eigenvalue weighted by Gasteiger charge is 2.15. The minimum atomic E-state index is -0.126. The van der Waals surface area contributed by atoms with Gasteiger partial charge in [0.15, 0.2) is 0 Å². The molecule has 2 rings (SSSR count). The van der Waals surface area contributed by atoms with E-state index in [0.29, 0.717) is 21.8 Å². The molecule has 0 radical (unpaired) electrons. The van der Waals surface area contributed by atoms with Crippen LogP contribution < -0.4 is 4.90 Å². The van der Waals surface area contributed by atoms with Gasteiger partial charge in [0.1, 0.15) is 0 Å². The van der Waals surface area contributed by atoms with Gasteiger partial charge in [-0.3, -0.25) is 4.79 Å². The van der Waals surface area contributed by atoms with Gasteiger partial charge in [-0.2, -0.15) is 0 Å². The molecular weight excluding hydrogens is 258 g/mol. The van der Waals surface area contributed by atoms with Crippen LogP contribution in [0.4, 0.5) is 5.69 Å². The summed E-state index contributed by atoms with van der Waals surface area (Å²) in [6.07, 6.45) is 5.45. The van der Waals surface area contributed by atoms with Crippen molar-refractivity contribution in [1.82, 2.24) is 0 Å². The van der Waals surface area contributed by atoms with E-state index in [1.165, 1.54) is 4.90 Å². The first-order valence-corrected chi connectivity index (χ1v) is 6.10. The number of carbonyl (C=O) groups is 1. The fourth-order valence-corrected chi connectivity index (χ4v) is 1.95. The van der Waals surface area contributed by atoms with E-state index in [0.717, 1.165) is 0 Å². The Kier molecular flexibility index (Phi) is 3.89. The second-order valence-corrected chi connectivity index (χ2v) is 4.47. The summed E-state index contributed by atoms with van der Waals surface area (Å²) in [5, 5.41) is 0.543. The van der Waals surface area contributed by atoms with Crippen molar-refractivity contribution < 1.29 is 4.79 Å². The van der Waals surface area contributed by atoms with E-state index < -0.39 is 0 Å². The van der Waals surface area contributed by atoms with E-state index >= 15 is 0 Å². The summed E-state index contributed by atoms with van der Waals surface area (Å²) in [5.41, 5.74) is 1.87. The van der Waals surface area contributed by atoms with Crippen molar-refractivity contribution in [3.05, 3.63) is 64.7 Å². The third-order valence-electron chi connectivity index (χ3n) is 2.80. The molecule has 0 aliphatic heterocycles. The minimum Gasteiger partial charge on any atom is -0.310 e. The quantitative estimate of drug-likeness (QED) is 0.763. The number of rotatable bonds is 2. The topological polar surface area (TPSA) is 20.3 Å². The molecule has 0 unspecified atom stereocenters. The molecule has 94 valence electrons. The van der Waals surface area contributed by atoms with Crippen molar-refractivity contribution in [3.63, 3.8) is 0 Å². The SMILES string of the molecule is C#Cc1ccc(Cl)cc1N(C)C(=O)c1ccccc1. The predicted octanol–water partition coefficient (Wildman–Crippen LogP) is 3.60. The number of amides is 1. The van der Waals surface area contributed by atoms with E-state index in [4.69, 9.17) is 18.0 Å². The summed E-state index contributed by atoms with van der Waals surface area (Å²) >= 11 is 5.96. The first-order chi connectivity index (χ1) is 9.13. The molecule has 0 bridgehead atoms. The van der Waals surface area contributed by atoms with Crippen molar-refractivity contribution in [3.8, 4) is 12.3 Å². The van der Waals surface area contributed by atoms with Crippen LogP contribution in [0.2, 0.25) is 5.02 Å². The molecule has 0 aliphatic carbocycles. The average molecular weight is 270 g/mol. The van der Waals surface area contributed by atoms with Gasteiger partial charge >= 0.3 is 0 Å². The van der Waals surface area contributed by atoms with Crippen LogP contribution in [0.5, 0.6) is 0 Å². The first-order valence-electron chi connectivity index (χ1n) is 5.72. The molecule has 2 aromatic rings. The highest BCUT2D eigenvalue weighted by Crippen LogP contribution is 2.24. The van der Waals surface area contributed by atoms with Crippen molar-refractivity contribution in [2.45, 2.75) is 0 Å². The number of anilines is 1. The highest BCUT2D eigenvalue weighted by atomic mass is 35.5. The number of carbonyl (C=O) groups excluding carboxylic acids is 1. The van der Waals surface area contributed by atoms with Gasteiger partial charge < -0.3 is 4.90 Å². The molecule has 0 atom stereocenters. The monoisotopic (exact) mass is 269 g/mol. The van der Waals surface area contributed by atoms with Crippen LogP contribution in [0.1, 0.15) is 15.9 Å². The van der Waals surface area contributed by atoms with Crippen molar-refractivity contribution >= 4 is 23.2 Å². The maximum Gasteiger partial charge on any atom is 0.258 e. The molecule has 0 fully saturated rings. The number of halogens is 1. The highest BCUT2D eigenvalue weighted by molar-refractivity contribution is 6.31. The predicted molar refractivity (Wildman–Crippen MR) is 78.6 cm³/mol. The molecule has 2 aromatic carbocycles. The first kappa shape index (κ1) is 13.2. The molecule has 0 spiro atoms. The van der Waals surface area contributed by atoms with Crippen LogP contribution in [-0.4, -0.2) is 13.0 Å².